The number of benzene rings is 3. The van der Waals surface area contributed by atoms with E-state index in [2.05, 4.69) is 27.6 Å². The molecule has 1 aliphatic rings. The molecule has 4 aromatic rings. The number of nitrogens with one attached hydrogen (secondary N) is 1. The normalized spacial score (nSPS) is 14.0. The lowest BCUT2D eigenvalue weighted by Gasteiger charge is -2.17. The van der Waals surface area contributed by atoms with Crippen LogP contribution in [0.4, 0.5) is 4.39 Å². The summed E-state index contributed by atoms with van der Waals surface area (Å²) in [5.74, 6) is 0.0770. The summed E-state index contributed by atoms with van der Waals surface area (Å²) in [5, 5.41) is 12.0. The summed E-state index contributed by atoms with van der Waals surface area (Å²) in [6.45, 7) is 0.564. The molecule has 1 N–H and O–H groups in total. The van der Waals surface area contributed by atoms with Crippen LogP contribution in [0.3, 0.4) is 0 Å². The second-order valence-corrected chi connectivity index (χ2v) is 9.44. The Balaban J connectivity index is 1.49. The summed E-state index contributed by atoms with van der Waals surface area (Å²) in [6.07, 6.45) is 2.77. The van der Waals surface area contributed by atoms with Crippen molar-refractivity contribution < 1.29 is 9.18 Å². The van der Waals surface area contributed by atoms with E-state index in [9.17, 15) is 9.18 Å². The smallest absolute Gasteiger partial charge is 0.238 e. The van der Waals surface area contributed by atoms with Crippen LogP contribution in [0.25, 0.3) is 11.4 Å². The Morgan fingerprint density at radius 2 is 1.65 bits per heavy atom. The van der Waals surface area contributed by atoms with Crippen molar-refractivity contribution in [2.24, 2.45) is 0 Å². The molecule has 0 radical (unpaired) electrons. The quantitative estimate of drug-likeness (QED) is 0.330. The lowest BCUT2D eigenvalue weighted by molar-refractivity contribution is -0.120. The van der Waals surface area contributed by atoms with Gasteiger partial charge in [0.2, 0.25) is 5.91 Å². The molecule has 1 aromatic heterocycles. The number of amides is 1. The number of aryl methyl sites for hydroxylation is 1. The van der Waals surface area contributed by atoms with Gasteiger partial charge < -0.3 is 9.88 Å². The number of hydrogen-bond acceptors (Lipinski definition) is 4. The van der Waals surface area contributed by atoms with Gasteiger partial charge in [0.05, 0.1) is 5.56 Å². The molecule has 34 heavy (non-hydrogen) atoms. The number of aromatic nitrogens is 3. The van der Waals surface area contributed by atoms with Crippen LogP contribution < -0.4 is 5.32 Å². The van der Waals surface area contributed by atoms with E-state index in [1.165, 1.54) is 17.8 Å². The van der Waals surface area contributed by atoms with E-state index in [-0.39, 0.29) is 17.8 Å². The largest absolute Gasteiger partial charge is 0.352 e. The van der Waals surface area contributed by atoms with Crippen molar-refractivity contribution >= 4 is 17.7 Å². The highest BCUT2D eigenvalue weighted by atomic mass is 32.2. The lowest BCUT2D eigenvalue weighted by Crippen LogP contribution is -2.30. The van der Waals surface area contributed by atoms with E-state index < -0.39 is 5.25 Å². The van der Waals surface area contributed by atoms with Gasteiger partial charge in [-0.15, -0.1) is 10.2 Å². The highest BCUT2D eigenvalue weighted by Gasteiger charge is 2.31. The molecule has 1 aliphatic carbocycles. The van der Waals surface area contributed by atoms with Gasteiger partial charge in [-0.3, -0.25) is 4.79 Å². The second-order valence-electron chi connectivity index (χ2n) is 8.36. The predicted molar refractivity (Wildman–Crippen MR) is 132 cm³/mol. The number of rotatable bonds is 9. The Morgan fingerprint density at radius 1 is 0.971 bits per heavy atom. The highest BCUT2D eigenvalue weighted by Crippen LogP contribution is 2.37. The molecule has 1 fully saturated rings. The number of carbonyl (C=O) groups excluding carboxylic acids is 1. The third-order valence-corrected chi connectivity index (χ3v) is 7.02. The van der Waals surface area contributed by atoms with Crippen molar-refractivity contribution in [1.82, 2.24) is 20.1 Å². The van der Waals surface area contributed by atoms with Gasteiger partial charge in [0.15, 0.2) is 11.0 Å². The van der Waals surface area contributed by atoms with Crippen LogP contribution in [0.2, 0.25) is 0 Å². The Hall–Kier alpha value is -3.45. The van der Waals surface area contributed by atoms with E-state index in [1.807, 2.05) is 53.1 Å². The summed E-state index contributed by atoms with van der Waals surface area (Å²) in [5.41, 5.74) is 2.46. The van der Waals surface area contributed by atoms with Gasteiger partial charge in [-0.2, -0.15) is 0 Å². The maximum atomic E-state index is 14.7. The Bertz CT molecular complexity index is 1260. The van der Waals surface area contributed by atoms with Gasteiger partial charge in [-0.25, -0.2) is 4.39 Å². The second kappa shape index (κ2) is 10.2. The fraction of sp³-hybridized carbons (Fsp3) is 0.222. The molecule has 1 atom stereocenters. The van der Waals surface area contributed by atoms with Crippen LogP contribution in [0, 0.1) is 5.82 Å². The Labute approximate surface area is 202 Å². The molecule has 0 aliphatic heterocycles. The molecule has 7 heteroatoms. The first kappa shape index (κ1) is 22.3. The monoisotopic (exact) mass is 472 g/mol. The average Bonchev–Trinajstić information content (AvgIpc) is 3.60. The van der Waals surface area contributed by atoms with E-state index >= 15 is 0 Å². The van der Waals surface area contributed by atoms with E-state index in [0.29, 0.717) is 23.1 Å². The first-order valence-corrected chi connectivity index (χ1v) is 12.3. The number of carbonyl (C=O) groups is 1. The highest BCUT2D eigenvalue weighted by molar-refractivity contribution is 8.00. The SMILES string of the molecule is O=C(NC1CC1)[C@@H](Sc1nnc(-c2ccccc2F)n1CCc1ccccc1)c1ccccc1. The topological polar surface area (TPSA) is 59.8 Å². The predicted octanol–water partition coefficient (Wildman–Crippen LogP) is 5.44. The molecule has 0 spiro atoms. The van der Waals surface area contributed by atoms with Gasteiger partial charge in [0.1, 0.15) is 11.1 Å². The third-order valence-electron chi connectivity index (χ3n) is 5.79. The van der Waals surface area contributed by atoms with E-state index in [0.717, 1.165) is 30.4 Å². The van der Waals surface area contributed by atoms with Gasteiger partial charge in [-0.1, -0.05) is 84.6 Å². The maximum Gasteiger partial charge on any atom is 0.238 e. The van der Waals surface area contributed by atoms with Crippen molar-refractivity contribution in [1.29, 1.82) is 0 Å². The molecular weight excluding hydrogens is 447 g/mol. The van der Waals surface area contributed by atoms with Crippen molar-refractivity contribution in [2.75, 3.05) is 0 Å². The summed E-state index contributed by atoms with van der Waals surface area (Å²) in [7, 11) is 0. The molecule has 5 nitrogen and oxygen atoms in total. The zero-order valence-electron chi connectivity index (χ0n) is 18.6. The van der Waals surface area contributed by atoms with E-state index in [4.69, 9.17) is 0 Å². The number of halogens is 1. The van der Waals surface area contributed by atoms with Crippen LogP contribution >= 0.6 is 11.8 Å². The van der Waals surface area contributed by atoms with Crippen molar-refractivity contribution in [3.05, 3.63) is 102 Å². The minimum absolute atomic E-state index is 0.0382. The fourth-order valence-electron chi connectivity index (χ4n) is 3.82. The summed E-state index contributed by atoms with van der Waals surface area (Å²) < 4.78 is 16.6. The number of nitrogens with zero attached hydrogens (tertiary/aromatic N) is 3. The summed E-state index contributed by atoms with van der Waals surface area (Å²) in [6, 6.07) is 26.6. The van der Waals surface area contributed by atoms with Crippen molar-refractivity contribution in [3.63, 3.8) is 0 Å². The fourth-order valence-corrected chi connectivity index (χ4v) is 4.89. The summed E-state index contributed by atoms with van der Waals surface area (Å²) in [4.78, 5) is 13.2. The molecule has 1 amide bonds. The van der Waals surface area contributed by atoms with Crippen LogP contribution in [0.5, 0.6) is 0 Å². The van der Waals surface area contributed by atoms with Crippen LogP contribution in [0.15, 0.2) is 90.1 Å². The minimum atomic E-state index is -0.477. The number of hydrogen-bond donors (Lipinski definition) is 1. The summed E-state index contributed by atoms with van der Waals surface area (Å²) >= 11 is 1.36. The van der Waals surface area contributed by atoms with Crippen molar-refractivity contribution in [3.8, 4) is 11.4 Å². The van der Waals surface area contributed by atoms with Crippen LogP contribution in [-0.2, 0) is 17.8 Å². The average molecular weight is 473 g/mol. The molecule has 172 valence electrons. The van der Waals surface area contributed by atoms with Crippen LogP contribution in [-0.4, -0.2) is 26.7 Å². The van der Waals surface area contributed by atoms with Crippen LogP contribution in [0.1, 0.15) is 29.2 Å². The first-order chi connectivity index (χ1) is 16.7. The molecule has 3 aromatic carbocycles. The molecule has 5 rings (SSSR count). The van der Waals surface area contributed by atoms with Gasteiger partial charge in [0, 0.05) is 12.6 Å². The number of thioether (sulfide) groups is 1. The van der Waals surface area contributed by atoms with Crippen molar-refractivity contribution in [2.45, 2.75) is 42.3 Å². The van der Waals surface area contributed by atoms with Gasteiger partial charge in [0.25, 0.3) is 0 Å². The minimum Gasteiger partial charge on any atom is -0.352 e. The maximum absolute atomic E-state index is 14.7. The van der Waals surface area contributed by atoms with Gasteiger partial charge in [-0.05, 0) is 42.5 Å². The molecule has 1 heterocycles. The Morgan fingerprint density at radius 3 is 2.35 bits per heavy atom. The molecule has 0 bridgehead atoms. The molecule has 0 unspecified atom stereocenters. The molecule has 0 saturated heterocycles. The van der Waals surface area contributed by atoms with Gasteiger partial charge >= 0.3 is 0 Å². The zero-order valence-corrected chi connectivity index (χ0v) is 19.4. The zero-order chi connectivity index (χ0) is 23.3. The Kier molecular flexibility index (Phi) is 6.72. The standard InChI is InChI=1S/C27H25FN4OS/c28-23-14-8-7-13-22(23)25-30-31-27(32(25)18-17-19-9-3-1-4-10-19)34-24(20-11-5-2-6-12-20)26(33)29-21-15-16-21/h1-14,21,24H,15-18H2,(H,29,33)/t24-/m0/s1. The third kappa shape index (κ3) is 5.20. The lowest BCUT2D eigenvalue weighted by atomic mass is 10.1. The van der Waals surface area contributed by atoms with E-state index in [1.54, 1.807) is 18.2 Å². The molecule has 1 saturated carbocycles. The first-order valence-electron chi connectivity index (χ1n) is 11.4. The molecular formula is C27H25FN4OS.